The minimum absolute atomic E-state index is 0.194. The molecule has 22 heavy (non-hydrogen) atoms. The Hall–Kier alpha value is -2.72. The summed E-state index contributed by atoms with van der Waals surface area (Å²) in [6.45, 7) is 0. The monoisotopic (exact) mass is 309 g/mol. The second-order valence-corrected chi connectivity index (χ2v) is 5.03. The van der Waals surface area contributed by atoms with E-state index < -0.39 is 0 Å². The van der Waals surface area contributed by atoms with Crippen LogP contribution in [0.15, 0.2) is 67.1 Å². The van der Waals surface area contributed by atoms with Gasteiger partial charge in [-0.05, 0) is 41.5 Å². The van der Waals surface area contributed by atoms with E-state index in [1.54, 1.807) is 42.9 Å². The summed E-state index contributed by atoms with van der Waals surface area (Å²) in [5, 5.41) is 3.12. The largest absolute Gasteiger partial charge is 0.322 e. The van der Waals surface area contributed by atoms with Crippen molar-refractivity contribution in [3.8, 4) is 11.1 Å². The number of hydrogen-bond acceptors (Lipinski definition) is 3. The van der Waals surface area contributed by atoms with Gasteiger partial charge in [0.15, 0.2) is 0 Å². The normalized spacial score (nSPS) is 10.2. The van der Waals surface area contributed by atoms with Gasteiger partial charge in [0.1, 0.15) is 5.15 Å². The molecule has 1 amide bonds. The van der Waals surface area contributed by atoms with Crippen LogP contribution < -0.4 is 5.32 Å². The minimum atomic E-state index is -0.194. The summed E-state index contributed by atoms with van der Waals surface area (Å²) in [5.74, 6) is -0.194. The van der Waals surface area contributed by atoms with Crippen LogP contribution in [0.25, 0.3) is 11.1 Å². The summed E-state index contributed by atoms with van der Waals surface area (Å²) >= 11 is 5.79. The van der Waals surface area contributed by atoms with Gasteiger partial charge in [0, 0.05) is 29.8 Å². The molecule has 2 heterocycles. The molecular formula is C17H12ClN3O. The molecule has 0 aliphatic carbocycles. The second kappa shape index (κ2) is 6.37. The molecule has 3 aromatic rings. The fraction of sp³-hybridized carbons (Fsp3) is 0. The molecule has 1 N–H and O–H groups in total. The summed E-state index contributed by atoms with van der Waals surface area (Å²) in [4.78, 5) is 20.1. The fourth-order valence-corrected chi connectivity index (χ4v) is 2.20. The number of hydrogen-bond donors (Lipinski definition) is 1. The van der Waals surface area contributed by atoms with E-state index in [1.807, 2.05) is 24.3 Å². The number of carbonyl (C=O) groups excluding carboxylic acids is 1. The molecular weight excluding hydrogens is 298 g/mol. The number of benzene rings is 1. The number of rotatable bonds is 3. The highest BCUT2D eigenvalue weighted by Crippen LogP contribution is 2.19. The van der Waals surface area contributed by atoms with Crippen molar-refractivity contribution in [3.63, 3.8) is 0 Å². The topological polar surface area (TPSA) is 54.9 Å². The number of carbonyl (C=O) groups is 1. The van der Waals surface area contributed by atoms with E-state index in [0.29, 0.717) is 16.4 Å². The first-order valence-electron chi connectivity index (χ1n) is 6.66. The number of nitrogens with one attached hydrogen (secondary N) is 1. The maximum Gasteiger partial charge on any atom is 0.255 e. The smallest absolute Gasteiger partial charge is 0.255 e. The van der Waals surface area contributed by atoms with E-state index in [-0.39, 0.29) is 5.91 Å². The van der Waals surface area contributed by atoms with Gasteiger partial charge < -0.3 is 5.32 Å². The molecule has 0 aliphatic rings. The van der Waals surface area contributed by atoms with Crippen LogP contribution in [-0.2, 0) is 0 Å². The lowest BCUT2D eigenvalue weighted by atomic mass is 10.1. The lowest BCUT2D eigenvalue weighted by molar-refractivity contribution is 0.102. The Balaban J connectivity index is 1.76. The van der Waals surface area contributed by atoms with Gasteiger partial charge in [0.2, 0.25) is 0 Å². The third-order valence-electron chi connectivity index (χ3n) is 3.13. The lowest BCUT2D eigenvalue weighted by Gasteiger charge is -2.06. The van der Waals surface area contributed by atoms with E-state index >= 15 is 0 Å². The molecule has 0 saturated carbocycles. The molecule has 0 spiro atoms. The molecule has 5 heteroatoms. The van der Waals surface area contributed by atoms with E-state index in [2.05, 4.69) is 15.3 Å². The minimum Gasteiger partial charge on any atom is -0.322 e. The summed E-state index contributed by atoms with van der Waals surface area (Å²) in [5.41, 5.74) is 3.20. The van der Waals surface area contributed by atoms with E-state index in [0.717, 1.165) is 11.1 Å². The third-order valence-corrected chi connectivity index (χ3v) is 3.33. The van der Waals surface area contributed by atoms with Crippen LogP contribution in [0.1, 0.15) is 10.4 Å². The molecule has 0 radical (unpaired) electrons. The third kappa shape index (κ3) is 3.30. The van der Waals surface area contributed by atoms with Crippen molar-refractivity contribution in [3.05, 3.63) is 77.8 Å². The number of halogens is 1. The van der Waals surface area contributed by atoms with Gasteiger partial charge in [-0.15, -0.1) is 0 Å². The Labute approximate surface area is 132 Å². The number of aromatic nitrogens is 2. The van der Waals surface area contributed by atoms with Crippen molar-refractivity contribution in [2.45, 2.75) is 0 Å². The quantitative estimate of drug-likeness (QED) is 0.743. The zero-order valence-corrected chi connectivity index (χ0v) is 12.3. The Kier molecular flexibility index (Phi) is 4.12. The van der Waals surface area contributed by atoms with E-state index in [9.17, 15) is 4.79 Å². The lowest BCUT2D eigenvalue weighted by Crippen LogP contribution is -2.11. The molecule has 0 atom stereocenters. The van der Waals surface area contributed by atoms with Gasteiger partial charge in [-0.25, -0.2) is 4.98 Å². The van der Waals surface area contributed by atoms with Gasteiger partial charge >= 0.3 is 0 Å². The molecule has 4 nitrogen and oxygen atoms in total. The van der Waals surface area contributed by atoms with Crippen molar-refractivity contribution in [2.24, 2.45) is 0 Å². The van der Waals surface area contributed by atoms with Crippen LogP contribution in [0.3, 0.4) is 0 Å². The number of amides is 1. The van der Waals surface area contributed by atoms with Gasteiger partial charge in [0.05, 0.1) is 0 Å². The van der Waals surface area contributed by atoms with E-state index in [4.69, 9.17) is 11.6 Å². The number of pyridine rings is 2. The first-order valence-corrected chi connectivity index (χ1v) is 7.03. The highest BCUT2D eigenvalue weighted by atomic mass is 35.5. The first kappa shape index (κ1) is 14.2. The SMILES string of the molecule is O=C(Nc1ccnc(Cl)c1)c1ccc(-c2cccnc2)cc1. The van der Waals surface area contributed by atoms with Gasteiger partial charge in [-0.1, -0.05) is 29.8 Å². The van der Waals surface area contributed by atoms with Crippen molar-refractivity contribution in [2.75, 3.05) is 5.32 Å². The van der Waals surface area contributed by atoms with Crippen LogP contribution in [-0.4, -0.2) is 15.9 Å². The van der Waals surface area contributed by atoms with Crippen LogP contribution in [0.4, 0.5) is 5.69 Å². The van der Waals surface area contributed by atoms with Crippen LogP contribution in [0.5, 0.6) is 0 Å². The molecule has 0 unspecified atom stereocenters. The Morgan fingerprint density at radius 2 is 1.82 bits per heavy atom. The Bertz CT molecular complexity index is 789. The number of nitrogens with zero attached hydrogens (tertiary/aromatic N) is 2. The van der Waals surface area contributed by atoms with Crippen LogP contribution in [0.2, 0.25) is 5.15 Å². The Morgan fingerprint density at radius 1 is 1.00 bits per heavy atom. The van der Waals surface area contributed by atoms with Crippen molar-refractivity contribution >= 4 is 23.2 Å². The van der Waals surface area contributed by atoms with Crippen LogP contribution in [0, 0.1) is 0 Å². The maximum atomic E-state index is 12.2. The summed E-state index contributed by atoms with van der Waals surface area (Å²) in [7, 11) is 0. The molecule has 108 valence electrons. The summed E-state index contributed by atoms with van der Waals surface area (Å²) in [6, 6.07) is 14.5. The van der Waals surface area contributed by atoms with Crippen molar-refractivity contribution < 1.29 is 4.79 Å². The number of anilines is 1. The van der Waals surface area contributed by atoms with E-state index in [1.165, 1.54) is 0 Å². The Morgan fingerprint density at radius 3 is 2.50 bits per heavy atom. The average Bonchev–Trinajstić information content (AvgIpc) is 2.56. The standard InChI is InChI=1S/C17H12ClN3O/c18-16-10-15(7-9-20-16)21-17(22)13-5-3-12(4-6-13)14-2-1-8-19-11-14/h1-11H,(H,20,21,22). The zero-order valence-electron chi connectivity index (χ0n) is 11.5. The molecule has 0 bridgehead atoms. The molecule has 0 aliphatic heterocycles. The zero-order chi connectivity index (χ0) is 15.4. The van der Waals surface area contributed by atoms with Gasteiger partial charge in [-0.2, -0.15) is 0 Å². The highest BCUT2D eigenvalue weighted by molar-refractivity contribution is 6.29. The van der Waals surface area contributed by atoms with Gasteiger partial charge in [0.25, 0.3) is 5.91 Å². The van der Waals surface area contributed by atoms with Crippen molar-refractivity contribution in [1.29, 1.82) is 0 Å². The van der Waals surface area contributed by atoms with Crippen molar-refractivity contribution in [1.82, 2.24) is 9.97 Å². The summed E-state index contributed by atoms with van der Waals surface area (Å²) < 4.78 is 0. The molecule has 3 rings (SSSR count). The maximum absolute atomic E-state index is 12.2. The second-order valence-electron chi connectivity index (χ2n) is 4.64. The fourth-order valence-electron chi connectivity index (χ4n) is 2.03. The predicted octanol–water partition coefficient (Wildman–Crippen LogP) is 4.05. The molecule has 0 saturated heterocycles. The average molecular weight is 310 g/mol. The highest BCUT2D eigenvalue weighted by Gasteiger charge is 2.07. The predicted molar refractivity (Wildman–Crippen MR) is 86.9 cm³/mol. The van der Waals surface area contributed by atoms with Gasteiger partial charge in [-0.3, -0.25) is 9.78 Å². The first-order chi connectivity index (χ1) is 10.7. The molecule has 0 fully saturated rings. The van der Waals surface area contributed by atoms with Crippen LogP contribution >= 0.6 is 11.6 Å². The molecule has 2 aromatic heterocycles. The summed E-state index contributed by atoms with van der Waals surface area (Å²) in [6.07, 6.45) is 5.06. The molecule has 1 aromatic carbocycles.